The van der Waals surface area contributed by atoms with Gasteiger partial charge in [0.05, 0.1) is 28.1 Å². The van der Waals surface area contributed by atoms with E-state index in [0.717, 1.165) is 66.7 Å². The Morgan fingerprint density at radius 3 is 2.71 bits per heavy atom. The van der Waals surface area contributed by atoms with Gasteiger partial charge in [-0.25, -0.2) is 4.98 Å². The number of thiocarbonyl (C=S) groups is 1. The molecule has 0 spiro atoms. The van der Waals surface area contributed by atoms with Gasteiger partial charge in [0.25, 0.3) is 0 Å². The second-order valence-electron chi connectivity index (χ2n) is 8.13. The van der Waals surface area contributed by atoms with Gasteiger partial charge in [-0.05, 0) is 36.4 Å². The fourth-order valence-electron chi connectivity index (χ4n) is 4.25. The Morgan fingerprint density at radius 1 is 1.06 bits per heavy atom. The first-order chi connectivity index (χ1) is 16.7. The molecule has 0 aliphatic carbocycles. The van der Waals surface area contributed by atoms with Crippen molar-refractivity contribution in [1.29, 1.82) is 0 Å². The molecular formula is C25H27N7OS. The topological polar surface area (TPSA) is 95.3 Å². The molecule has 1 saturated heterocycles. The molecule has 174 valence electrons. The van der Waals surface area contributed by atoms with E-state index in [2.05, 4.69) is 43.3 Å². The van der Waals surface area contributed by atoms with E-state index in [-0.39, 0.29) is 0 Å². The van der Waals surface area contributed by atoms with E-state index in [9.17, 15) is 0 Å². The summed E-state index contributed by atoms with van der Waals surface area (Å²) in [6.07, 6.45) is 1.79. The number of benzene rings is 2. The lowest BCUT2D eigenvalue weighted by atomic mass is 10.2. The number of ether oxygens (including phenoxy) is 1. The number of nitrogen functional groups attached to an aromatic ring is 1. The zero-order valence-electron chi connectivity index (χ0n) is 18.8. The maximum Gasteiger partial charge on any atom is 0.157 e. The van der Waals surface area contributed by atoms with E-state index in [1.54, 1.807) is 6.20 Å². The van der Waals surface area contributed by atoms with Gasteiger partial charge in [-0.2, -0.15) is 0 Å². The number of anilines is 3. The number of nitrogens with one attached hydrogen (secondary N) is 2. The molecule has 0 radical (unpaired) electrons. The van der Waals surface area contributed by atoms with Crippen LogP contribution in [-0.4, -0.2) is 64.7 Å². The molecule has 0 amide bonds. The molecule has 1 aliphatic heterocycles. The Balaban J connectivity index is 1.19. The molecule has 34 heavy (non-hydrogen) atoms. The molecule has 0 unspecified atom stereocenters. The smallest absolute Gasteiger partial charge is 0.157 e. The molecule has 8 nitrogen and oxygen atoms in total. The summed E-state index contributed by atoms with van der Waals surface area (Å²) in [6.45, 7) is 5.20. The van der Waals surface area contributed by atoms with Gasteiger partial charge in [0.2, 0.25) is 0 Å². The third kappa shape index (κ3) is 4.66. The zero-order chi connectivity index (χ0) is 23.3. The van der Waals surface area contributed by atoms with Crippen molar-refractivity contribution in [1.82, 2.24) is 19.9 Å². The zero-order valence-corrected chi connectivity index (χ0v) is 19.6. The number of piperazine rings is 1. The second-order valence-corrected chi connectivity index (χ2v) is 8.37. The fraction of sp³-hybridized carbons (Fsp3) is 0.240. The highest BCUT2D eigenvalue weighted by molar-refractivity contribution is 7.79. The summed E-state index contributed by atoms with van der Waals surface area (Å²) >= 11 is 4.85. The molecule has 5 rings (SSSR count). The van der Waals surface area contributed by atoms with Crippen LogP contribution in [0.3, 0.4) is 0 Å². The number of H-pyrrole nitrogens is 1. The summed E-state index contributed by atoms with van der Waals surface area (Å²) in [7, 11) is 0. The first-order valence-corrected chi connectivity index (χ1v) is 11.8. The number of imidazole rings is 1. The minimum atomic E-state index is 0.575. The van der Waals surface area contributed by atoms with Crippen LogP contribution in [0.5, 0.6) is 5.75 Å². The van der Waals surface area contributed by atoms with Crippen LogP contribution in [0.25, 0.3) is 22.6 Å². The quantitative estimate of drug-likeness (QED) is 0.263. The average molecular weight is 474 g/mol. The Morgan fingerprint density at radius 2 is 1.91 bits per heavy atom. The molecule has 9 heteroatoms. The van der Waals surface area contributed by atoms with Crippen LogP contribution in [-0.2, 0) is 0 Å². The van der Waals surface area contributed by atoms with Gasteiger partial charge in [0.1, 0.15) is 23.6 Å². The molecule has 2 aromatic heterocycles. The molecule has 3 heterocycles. The summed E-state index contributed by atoms with van der Waals surface area (Å²) in [5, 5.41) is 2.96. The van der Waals surface area contributed by atoms with E-state index in [1.807, 2.05) is 36.4 Å². The number of nitrogens with zero attached hydrogens (tertiary/aromatic N) is 4. The molecule has 0 atom stereocenters. The minimum Gasteiger partial charge on any atom is -0.490 e. The fourth-order valence-corrected chi connectivity index (χ4v) is 4.38. The molecule has 1 fully saturated rings. The highest BCUT2D eigenvalue weighted by Gasteiger charge is 2.20. The predicted molar refractivity (Wildman–Crippen MR) is 142 cm³/mol. The number of aromatic nitrogens is 3. The first kappa shape index (κ1) is 22.1. The molecular weight excluding hydrogens is 446 g/mol. The summed E-state index contributed by atoms with van der Waals surface area (Å²) in [5.41, 5.74) is 13.0. The van der Waals surface area contributed by atoms with Gasteiger partial charge < -0.3 is 25.7 Å². The van der Waals surface area contributed by atoms with E-state index in [1.165, 1.54) is 5.49 Å². The Hall–Kier alpha value is -3.69. The molecule has 2 aromatic carbocycles. The normalized spacial score (nSPS) is 14.3. The van der Waals surface area contributed by atoms with Crippen molar-refractivity contribution >= 4 is 45.8 Å². The highest BCUT2D eigenvalue weighted by Crippen LogP contribution is 2.30. The Bertz CT molecular complexity index is 1270. The SMILES string of the molecule is Nc1c(NC=S)cccc1OCCN1CCN(c2cccc3[nH]c(-c4ccccn4)nc23)CC1. The maximum atomic E-state index is 6.17. The van der Waals surface area contributed by atoms with E-state index >= 15 is 0 Å². The lowest BCUT2D eigenvalue weighted by Crippen LogP contribution is -2.47. The molecule has 1 aliphatic rings. The first-order valence-electron chi connectivity index (χ1n) is 11.3. The largest absolute Gasteiger partial charge is 0.490 e. The molecule has 4 N–H and O–H groups in total. The number of hydrogen-bond donors (Lipinski definition) is 3. The highest BCUT2D eigenvalue weighted by atomic mass is 32.1. The van der Waals surface area contributed by atoms with Crippen molar-refractivity contribution in [2.45, 2.75) is 0 Å². The van der Waals surface area contributed by atoms with Crippen LogP contribution in [0.15, 0.2) is 60.8 Å². The van der Waals surface area contributed by atoms with Gasteiger partial charge >= 0.3 is 0 Å². The van der Waals surface area contributed by atoms with Crippen molar-refractivity contribution in [2.24, 2.45) is 0 Å². The third-order valence-corrected chi connectivity index (χ3v) is 6.18. The molecule has 0 saturated carbocycles. The van der Waals surface area contributed by atoms with Crippen molar-refractivity contribution in [2.75, 3.05) is 55.3 Å². The number of hydrogen-bond acceptors (Lipinski definition) is 7. The number of para-hydroxylation sites is 2. The summed E-state index contributed by atoms with van der Waals surface area (Å²) in [4.78, 5) is 17.5. The van der Waals surface area contributed by atoms with E-state index in [0.29, 0.717) is 18.0 Å². The summed E-state index contributed by atoms with van der Waals surface area (Å²) in [6, 6.07) is 17.8. The van der Waals surface area contributed by atoms with Crippen molar-refractivity contribution in [3.63, 3.8) is 0 Å². The van der Waals surface area contributed by atoms with Gasteiger partial charge in [-0.1, -0.05) is 30.4 Å². The Labute approximate surface area is 203 Å². The van der Waals surface area contributed by atoms with Crippen LogP contribution >= 0.6 is 12.2 Å². The molecule has 4 aromatic rings. The van der Waals surface area contributed by atoms with Crippen LogP contribution in [0.1, 0.15) is 0 Å². The second kappa shape index (κ2) is 10.1. The van der Waals surface area contributed by atoms with Crippen molar-refractivity contribution in [3.05, 3.63) is 60.8 Å². The van der Waals surface area contributed by atoms with Gasteiger partial charge in [-0.15, -0.1) is 0 Å². The lowest BCUT2D eigenvalue weighted by molar-refractivity contribution is 0.201. The molecule has 0 bridgehead atoms. The van der Waals surface area contributed by atoms with Crippen LogP contribution < -0.4 is 20.7 Å². The van der Waals surface area contributed by atoms with E-state index < -0.39 is 0 Å². The average Bonchev–Trinajstić information content (AvgIpc) is 3.32. The number of aromatic amines is 1. The predicted octanol–water partition coefficient (Wildman–Crippen LogP) is 3.78. The van der Waals surface area contributed by atoms with Crippen LogP contribution in [0.2, 0.25) is 0 Å². The summed E-state index contributed by atoms with van der Waals surface area (Å²) < 4.78 is 5.95. The monoisotopic (exact) mass is 473 g/mol. The number of rotatable bonds is 8. The number of fused-ring (bicyclic) bond motifs is 1. The van der Waals surface area contributed by atoms with E-state index in [4.69, 9.17) is 27.7 Å². The maximum absolute atomic E-state index is 6.17. The van der Waals surface area contributed by atoms with Crippen LogP contribution in [0.4, 0.5) is 17.1 Å². The summed E-state index contributed by atoms with van der Waals surface area (Å²) in [5.74, 6) is 1.47. The van der Waals surface area contributed by atoms with Gasteiger partial charge in [0, 0.05) is 38.9 Å². The number of pyridine rings is 1. The van der Waals surface area contributed by atoms with Gasteiger partial charge in [-0.3, -0.25) is 9.88 Å². The van der Waals surface area contributed by atoms with Gasteiger partial charge in [0.15, 0.2) is 5.82 Å². The van der Waals surface area contributed by atoms with Crippen molar-refractivity contribution < 1.29 is 4.74 Å². The minimum absolute atomic E-state index is 0.575. The van der Waals surface area contributed by atoms with Crippen LogP contribution in [0, 0.1) is 0 Å². The third-order valence-electron chi connectivity index (χ3n) is 6.06. The lowest BCUT2D eigenvalue weighted by Gasteiger charge is -2.36. The van der Waals surface area contributed by atoms with Crippen molar-refractivity contribution in [3.8, 4) is 17.3 Å². The standard InChI is InChI=1S/C25H27N7OS/c26-23-18(28-17-34)6-4-9-22(23)33-16-15-31-11-13-32(14-12-31)21-8-3-7-19-24(21)30-25(29-19)20-5-1-2-10-27-20/h1-10,17H,11-16,26H2,(H,28,34)(H,29,30). The Kier molecular flexibility index (Phi) is 6.55. The number of nitrogens with two attached hydrogens (primary N) is 1.